The molecule has 0 aromatic heterocycles. The Labute approximate surface area is 295 Å². The van der Waals surface area contributed by atoms with E-state index in [4.69, 9.17) is 13.6 Å². The fourth-order valence-electron chi connectivity index (χ4n) is 8.91. The van der Waals surface area contributed by atoms with Gasteiger partial charge in [-0.1, -0.05) is 71.9 Å². The normalized spacial score (nSPS) is 24.3. The number of aryl methyl sites for hydroxylation is 1. The van der Waals surface area contributed by atoms with Crippen molar-refractivity contribution >= 4 is 28.9 Å². The first-order valence-electron chi connectivity index (χ1n) is 18.7. The Bertz CT molecular complexity index is 1450. The first kappa shape index (κ1) is 37.1. The lowest BCUT2D eigenvalue weighted by Crippen LogP contribution is -2.49. The molecular weight excluding hydrogens is 625 g/mol. The molecule has 0 amide bonds. The first-order valence-corrected chi connectivity index (χ1v) is 24.0. The number of carbonyl (C=O) groups is 1. The van der Waals surface area contributed by atoms with Crippen molar-refractivity contribution in [2.75, 3.05) is 13.2 Å². The highest BCUT2D eigenvalue weighted by Gasteiger charge is 2.54. The van der Waals surface area contributed by atoms with E-state index in [9.17, 15) is 4.79 Å². The minimum absolute atomic E-state index is 0.0573. The molecule has 0 heterocycles. The summed E-state index contributed by atoms with van der Waals surface area (Å²) in [5.74, 6) is 3.58. The van der Waals surface area contributed by atoms with Gasteiger partial charge in [-0.15, -0.1) is 0 Å². The molecule has 0 aliphatic heterocycles. The van der Waals surface area contributed by atoms with E-state index in [1.807, 2.05) is 25.1 Å². The van der Waals surface area contributed by atoms with E-state index in [0.717, 1.165) is 41.7 Å². The molecule has 4 bridgehead atoms. The lowest BCUT2D eigenvalue weighted by atomic mass is 9.47. The molecule has 263 valence electrons. The molecule has 48 heavy (non-hydrogen) atoms. The zero-order valence-electron chi connectivity index (χ0n) is 32.0. The maximum atomic E-state index is 12.7. The summed E-state index contributed by atoms with van der Waals surface area (Å²) in [7, 11) is -2.97. The predicted octanol–water partition coefficient (Wildman–Crippen LogP) is 11.3. The van der Waals surface area contributed by atoms with E-state index < -0.39 is 17.4 Å². The number of rotatable bonds is 12. The van der Waals surface area contributed by atoms with Crippen LogP contribution in [0.5, 0.6) is 5.75 Å². The highest BCUT2D eigenvalue weighted by molar-refractivity contribution is 6.74. The zero-order valence-corrected chi connectivity index (χ0v) is 34.0. The Kier molecular flexibility index (Phi) is 11.0. The monoisotopic (exact) mass is 687 g/mol. The van der Waals surface area contributed by atoms with Crippen LogP contribution in [0.15, 0.2) is 42.5 Å². The van der Waals surface area contributed by atoms with Crippen molar-refractivity contribution in [1.29, 1.82) is 0 Å². The van der Waals surface area contributed by atoms with Crippen molar-refractivity contribution < 1.29 is 18.4 Å². The Morgan fingerprint density at radius 1 is 0.938 bits per heavy atom. The van der Waals surface area contributed by atoms with Crippen LogP contribution in [0.25, 0.3) is 5.57 Å². The lowest BCUT2D eigenvalue weighted by Gasteiger charge is -2.58. The molecule has 0 atom stereocenters. The minimum Gasteiger partial charge on any atom is -0.542 e. The number of carbonyl (C=O) groups excluding carboxylic acids is 1. The topological polar surface area (TPSA) is 44.8 Å². The summed E-state index contributed by atoms with van der Waals surface area (Å²) in [5.41, 5.74) is 7.49. The van der Waals surface area contributed by atoms with Gasteiger partial charge in [0.05, 0.1) is 18.8 Å². The molecule has 0 spiro atoms. The summed E-state index contributed by atoms with van der Waals surface area (Å²) < 4.78 is 19.2. The smallest absolute Gasteiger partial charge is 0.338 e. The third kappa shape index (κ3) is 8.07. The lowest BCUT2D eigenvalue weighted by molar-refractivity contribution is -0.00662. The molecule has 4 nitrogen and oxygen atoms in total. The molecule has 4 saturated carbocycles. The summed E-state index contributed by atoms with van der Waals surface area (Å²) in [5, 5.41) is 0.110. The maximum Gasteiger partial charge on any atom is 0.338 e. The third-order valence-electron chi connectivity index (χ3n) is 11.9. The molecule has 2 aromatic rings. The summed E-state index contributed by atoms with van der Waals surface area (Å²) in [6, 6.07) is 12.7. The summed E-state index contributed by atoms with van der Waals surface area (Å²) in [6.45, 7) is 25.9. The van der Waals surface area contributed by atoms with Crippen LogP contribution in [-0.2, 0) is 26.4 Å². The van der Waals surface area contributed by atoms with Crippen LogP contribution in [0.1, 0.15) is 126 Å². The van der Waals surface area contributed by atoms with Gasteiger partial charge in [0.15, 0.2) is 8.32 Å². The quantitative estimate of drug-likeness (QED) is 0.165. The zero-order chi connectivity index (χ0) is 35.1. The molecule has 4 fully saturated rings. The molecule has 0 saturated heterocycles. The molecule has 6 rings (SSSR count). The molecule has 1 radical (unpaired) electrons. The number of ether oxygens (including phenoxy) is 1. The Balaban J connectivity index is 1.52. The average molecular weight is 688 g/mol. The van der Waals surface area contributed by atoms with Gasteiger partial charge < -0.3 is 13.6 Å². The van der Waals surface area contributed by atoms with Crippen LogP contribution in [0, 0.1) is 17.8 Å². The predicted molar refractivity (Wildman–Crippen MR) is 205 cm³/mol. The summed E-state index contributed by atoms with van der Waals surface area (Å²) in [6.07, 6.45) is 12.5. The molecule has 4 aliphatic rings. The molecule has 0 N–H and O–H groups in total. The maximum absolute atomic E-state index is 12.7. The van der Waals surface area contributed by atoms with Gasteiger partial charge in [0, 0.05) is 11.0 Å². The standard InChI is InChI=1S/C42H63O4Si2/c1-12-44-39(43)34-17-14-16-33(24-34)35(28-45-48(10,11)41(5,6)7)18-13-15-32-19-20-36(40(2,3)4)37(38(32)46-47(8)9)42-25-29-21-30(26-42)23-31(22-29)27-42/h14,16-20,24,29-31H,12-13,15,21-23,25-28H2,1-11H3/b35-18+. The minimum atomic E-state index is -1.99. The van der Waals surface area contributed by atoms with E-state index >= 15 is 0 Å². The Morgan fingerprint density at radius 3 is 2.08 bits per heavy atom. The van der Waals surface area contributed by atoms with Gasteiger partial charge in [-0.3, -0.25) is 0 Å². The van der Waals surface area contributed by atoms with Crippen molar-refractivity contribution in [3.05, 3.63) is 70.3 Å². The molecule has 2 aromatic carbocycles. The number of hydrogen-bond donors (Lipinski definition) is 0. The van der Waals surface area contributed by atoms with Gasteiger partial charge in [0.25, 0.3) is 9.04 Å². The van der Waals surface area contributed by atoms with Crippen LogP contribution in [0.2, 0.25) is 31.2 Å². The van der Waals surface area contributed by atoms with E-state index in [0.29, 0.717) is 18.8 Å². The van der Waals surface area contributed by atoms with Crippen LogP contribution < -0.4 is 4.43 Å². The first-order chi connectivity index (χ1) is 22.4. The number of esters is 1. The number of allylic oxidation sites excluding steroid dienone is 1. The third-order valence-corrected chi connectivity index (χ3v) is 17.0. The van der Waals surface area contributed by atoms with E-state index in [-0.39, 0.29) is 21.8 Å². The fourth-order valence-corrected chi connectivity index (χ4v) is 10.5. The largest absolute Gasteiger partial charge is 0.542 e. The van der Waals surface area contributed by atoms with Crippen LogP contribution in [0.4, 0.5) is 0 Å². The van der Waals surface area contributed by atoms with Gasteiger partial charge in [-0.2, -0.15) is 0 Å². The second-order valence-electron chi connectivity index (χ2n) is 18.1. The van der Waals surface area contributed by atoms with Gasteiger partial charge in [0.1, 0.15) is 5.75 Å². The SMILES string of the molecule is CCOC(=O)c1cccc(/C(=C/CCc2ccc(C(C)(C)C)c(C34CC5CC(CC(C5)C3)C4)c2O[Si](C)C)CO[Si](C)(C)C(C)(C)C)c1. The molecule has 4 aliphatic carbocycles. The van der Waals surface area contributed by atoms with Crippen LogP contribution in [-0.4, -0.2) is 36.5 Å². The number of hydrogen-bond acceptors (Lipinski definition) is 4. The second kappa shape index (κ2) is 14.2. The van der Waals surface area contributed by atoms with Crippen molar-refractivity contribution in [2.24, 2.45) is 17.8 Å². The highest BCUT2D eigenvalue weighted by Crippen LogP contribution is 2.63. The van der Waals surface area contributed by atoms with Crippen molar-refractivity contribution in [3.8, 4) is 5.75 Å². The average Bonchev–Trinajstić information content (AvgIpc) is 2.97. The van der Waals surface area contributed by atoms with Gasteiger partial charge in [0.2, 0.25) is 0 Å². The Morgan fingerprint density at radius 2 is 1.54 bits per heavy atom. The van der Waals surface area contributed by atoms with Gasteiger partial charge in [-0.05, 0) is 147 Å². The van der Waals surface area contributed by atoms with Gasteiger partial charge in [-0.25, -0.2) is 4.79 Å². The molecule has 6 heteroatoms. The summed E-state index contributed by atoms with van der Waals surface area (Å²) in [4.78, 5) is 12.7. The summed E-state index contributed by atoms with van der Waals surface area (Å²) >= 11 is 0. The fraction of sp³-hybridized carbons (Fsp3) is 0.643. The number of benzene rings is 2. The van der Waals surface area contributed by atoms with Crippen molar-refractivity contribution in [3.63, 3.8) is 0 Å². The van der Waals surface area contributed by atoms with E-state index in [2.05, 4.69) is 92.0 Å². The van der Waals surface area contributed by atoms with Gasteiger partial charge >= 0.3 is 5.97 Å². The molecule has 0 unspecified atom stereocenters. The van der Waals surface area contributed by atoms with Crippen LogP contribution >= 0.6 is 0 Å². The second-order valence-corrected chi connectivity index (χ2v) is 24.9. The van der Waals surface area contributed by atoms with E-state index in [1.165, 1.54) is 55.4 Å². The Hall–Kier alpha value is -2.16. The highest BCUT2D eigenvalue weighted by atomic mass is 28.4. The van der Waals surface area contributed by atoms with Crippen molar-refractivity contribution in [2.45, 2.75) is 142 Å². The van der Waals surface area contributed by atoms with Crippen molar-refractivity contribution in [1.82, 2.24) is 0 Å². The van der Waals surface area contributed by atoms with E-state index in [1.54, 1.807) is 5.56 Å². The molecular formula is C42H63O4Si2. The van der Waals surface area contributed by atoms with Crippen LogP contribution in [0.3, 0.4) is 0 Å².